The zero-order valence-electron chi connectivity index (χ0n) is 13.9. The Kier molecular flexibility index (Phi) is 5.76. The monoisotopic (exact) mass is 317 g/mol. The first-order valence-electron chi connectivity index (χ1n) is 7.58. The van der Waals surface area contributed by atoms with Crippen molar-refractivity contribution in [2.45, 2.75) is 26.0 Å². The zero-order valence-corrected chi connectivity index (χ0v) is 13.9. The second-order valence-electron chi connectivity index (χ2n) is 5.76. The van der Waals surface area contributed by atoms with Crippen molar-refractivity contribution < 1.29 is 13.9 Å². The van der Waals surface area contributed by atoms with Crippen LogP contribution in [0.15, 0.2) is 41.1 Å². The number of ether oxygens (including phenoxy) is 1. The van der Waals surface area contributed by atoms with Crippen molar-refractivity contribution in [2.24, 2.45) is 0 Å². The zero-order chi connectivity index (χ0) is 16.8. The van der Waals surface area contributed by atoms with Gasteiger partial charge in [0.2, 0.25) is 5.88 Å². The maximum atomic E-state index is 12.2. The van der Waals surface area contributed by atoms with E-state index in [4.69, 9.17) is 9.15 Å². The molecule has 0 radical (unpaired) electrons. The number of pyridine rings is 1. The third kappa shape index (κ3) is 4.82. The highest BCUT2D eigenvalue weighted by Gasteiger charge is 2.18. The van der Waals surface area contributed by atoms with E-state index in [2.05, 4.69) is 10.3 Å². The summed E-state index contributed by atoms with van der Waals surface area (Å²) in [5.74, 6) is 1.15. The lowest BCUT2D eigenvalue weighted by molar-refractivity contribution is 0.0938. The number of furan rings is 1. The molecule has 6 heteroatoms. The number of likely N-dealkylation sites (N-methyl/N-ethyl adjacent to an activating group) is 1. The summed E-state index contributed by atoms with van der Waals surface area (Å²) in [5.41, 5.74) is 0.498. The van der Waals surface area contributed by atoms with Gasteiger partial charge in [0.05, 0.1) is 24.0 Å². The molecule has 1 amide bonds. The normalized spacial score (nSPS) is 12.4. The maximum Gasteiger partial charge on any atom is 0.252 e. The summed E-state index contributed by atoms with van der Waals surface area (Å²) in [6.45, 7) is 4.31. The average Bonchev–Trinajstić information content (AvgIpc) is 3.01. The molecule has 2 rings (SSSR count). The number of rotatable bonds is 7. The molecule has 0 aliphatic heterocycles. The second-order valence-corrected chi connectivity index (χ2v) is 5.76. The molecule has 1 N–H and O–H groups in total. The molecule has 1 unspecified atom stereocenters. The topological polar surface area (TPSA) is 67.6 Å². The Hall–Kier alpha value is -2.34. The number of hydrogen-bond donors (Lipinski definition) is 1. The summed E-state index contributed by atoms with van der Waals surface area (Å²) >= 11 is 0. The van der Waals surface area contributed by atoms with E-state index < -0.39 is 0 Å². The van der Waals surface area contributed by atoms with E-state index >= 15 is 0 Å². The van der Waals surface area contributed by atoms with Crippen LogP contribution in [0.5, 0.6) is 5.88 Å². The number of aromatic nitrogens is 1. The second kappa shape index (κ2) is 7.78. The number of nitrogens with zero attached hydrogens (tertiary/aromatic N) is 2. The van der Waals surface area contributed by atoms with Crippen LogP contribution in [0.2, 0.25) is 0 Å². The first-order valence-corrected chi connectivity index (χ1v) is 7.58. The molecule has 2 aromatic heterocycles. The van der Waals surface area contributed by atoms with Gasteiger partial charge in [-0.25, -0.2) is 4.98 Å². The van der Waals surface area contributed by atoms with Crippen LogP contribution >= 0.6 is 0 Å². The van der Waals surface area contributed by atoms with Crippen molar-refractivity contribution in [1.82, 2.24) is 15.2 Å². The van der Waals surface area contributed by atoms with Gasteiger partial charge in [-0.2, -0.15) is 0 Å². The Morgan fingerprint density at radius 3 is 2.65 bits per heavy atom. The molecule has 124 valence electrons. The Balaban J connectivity index is 1.95. The molecule has 2 aromatic rings. The standard InChI is InChI=1S/C17H23N3O3/c1-12(2)23-16-8-7-13(10-18-16)17(21)19-11-14(20(3)4)15-6-5-9-22-15/h5-10,12,14H,11H2,1-4H3,(H,19,21). The molecule has 23 heavy (non-hydrogen) atoms. The van der Waals surface area contributed by atoms with Crippen molar-refractivity contribution in [3.05, 3.63) is 48.0 Å². The number of nitrogens with one attached hydrogen (secondary N) is 1. The fourth-order valence-corrected chi connectivity index (χ4v) is 2.14. The van der Waals surface area contributed by atoms with Crippen LogP contribution in [0.3, 0.4) is 0 Å². The van der Waals surface area contributed by atoms with E-state index in [9.17, 15) is 4.79 Å². The van der Waals surface area contributed by atoms with E-state index in [1.807, 2.05) is 45.0 Å². The predicted molar refractivity (Wildman–Crippen MR) is 87.5 cm³/mol. The number of carbonyl (C=O) groups is 1. The van der Waals surface area contributed by atoms with Crippen LogP contribution in [0, 0.1) is 0 Å². The molecule has 0 fully saturated rings. The molecule has 1 atom stereocenters. The highest BCUT2D eigenvalue weighted by molar-refractivity contribution is 5.93. The third-order valence-corrected chi connectivity index (χ3v) is 3.31. The lowest BCUT2D eigenvalue weighted by Gasteiger charge is -2.22. The van der Waals surface area contributed by atoms with Gasteiger partial charge in [0.25, 0.3) is 5.91 Å². The van der Waals surface area contributed by atoms with Crippen molar-refractivity contribution in [2.75, 3.05) is 20.6 Å². The molecule has 0 spiro atoms. The Morgan fingerprint density at radius 1 is 1.35 bits per heavy atom. The molecule has 0 aromatic carbocycles. The van der Waals surface area contributed by atoms with Crippen LogP contribution in [-0.2, 0) is 0 Å². The Bertz CT molecular complexity index is 607. The van der Waals surface area contributed by atoms with E-state index in [1.54, 1.807) is 18.4 Å². The minimum absolute atomic E-state index is 0.0227. The largest absolute Gasteiger partial charge is 0.475 e. The smallest absolute Gasteiger partial charge is 0.252 e. The molecular formula is C17H23N3O3. The third-order valence-electron chi connectivity index (χ3n) is 3.31. The van der Waals surface area contributed by atoms with Gasteiger partial charge in [0, 0.05) is 18.8 Å². The fourth-order valence-electron chi connectivity index (χ4n) is 2.14. The van der Waals surface area contributed by atoms with Crippen LogP contribution in [-0.4, -0.2) is 42.5 Å². The van der Waals surface area contributed by atoms with Crippen LogP contribution in [0.25, 0.3) is 0 Å². The predicted octanol–water partition coefficient (Wildman–Crippen LogP) is 2.49. The van der Waals surface area contributed by atoms with E-state index in [-0.39, 0.29) is 18.1 Å². The van der Waals surface area contributed by atoms with Crippen molar-refractivity contribution in [3.8, 4) is 5.88 Å². The summed E-state index contributed by atoms with van der Waals surface area (Å²) in [4.78, 5) is 18.4. The van der Waals surface area contributed by atoms with Gasteiger partial charge in [-0.15, -0.1) is 0 Å². The lowest BCUT2D eigenvalue weighted by Crippen LogP contribution is -2.34. The molecule has 0 aliphatic rings. The summed E-state index contributed by atoms with van der Waals surface area (Å²) in [6, 6.07) is 7.12. The van der Waals surface area contributed by atoms with E-state index in [1.165, 1.54) is 6.20 Å². The minimum atomic E-state index is -0.174. The van der Waals surface area contributed by atoms with E-state index in [0.717, 1.165) is 5.76 Å². The molecule has 2 heterocycles. The Labute approximate surface area is 136 Å². The molecule has 0 aliphatic carbocycles. The highest BCUT2D eigenvalue weighted by Crippen LogP contribution is 2.17. The summed E-state index contributed by atoms with van der Waals surface area (Å²) in [5, 5.41) is 2.91. The SMILES string of the molecule is CC(C)Oc1ccc(C(=O)NCC(c2ccco2)N(C)C)cn1. The van der Waals surface area contributed by atoms with Crippen molar-refractivity contribution in [3.63, 3.8) is 0 Å². The molecule has 0 bridgehead atoms. The van der Waals surface area contributed by atoms with Crippen LogP contribution in [0.4, 0.5) is 0 Å². The number of hydrogen-bond acceptors (Lipinski definition) is 5. The van der Waals surface area contributed by atoms with Gasteiger partial charge in [-0.3, -0.25) is 9.69 Å². The van der Waals surface area contributed by atoms with E-state index in [0.29, 0.717) is 18.0 Å². The fraction of sp³-hybridized carbons (Fsp3) is 0.412. The Morgan fingerprint density at radius 2 is 2.13 bits per heavy atom. The van der Waals surface area contributed by atoms with Gasteiger partial charge in [0.15, 0.2) is 0 Å². The first kappa shape index (κ1) is 17.0. The van der Waals surface area contributed by atoms with Gasteiger partial charge in [-0.05, 0) is 46.1 Å². The summed E-state index contributed by atoms with van der Waals surface area (Å²) in [7, 11) is 3.89. The number of amides is 1. The highest BCUT2D eigenvalue weighted by atomic mass is 16.5. The summed E-state index contributed by atoms with van der Waals surface area (Å²) < 4.78 is 10.9. The average molecular weight is 317 g/mol. The van der Waals surface area contributed by atoms with Crippen LogP contribution < -0.4 is 10.1 Å². The molecule has 6 nitrogen and oxygen atoms in total. The van der Waals surface area contributed by atoms with Gasteiger partial charge >= 0.3 is 0 Å². The van der Waals surface area contributed by atoms with Gasteiger partial charge in [0.1, 0.15) is 5.76 Å². The van der Waals surface area contributed by atoms with Gasteiger partial charge < -0.3 is 14.5 Å². The molecule has 0 saturated carbocycles. The number of carbonyl (C=O) groups excluding carboxylic acids is 1. The molecule has 0 saturated heterocycles. The molecular weight excluding hydrogens is 294 g/mol. The van der Waals surface area contributed by atoms with Crippen LogP contribution in [0.1, 0.15) is 36.0 Å². The minimum Gasteiger partial charge on any atom is -0.475 e. The lowest BCUT2D eigenvalue weighted by atomic mass is 10.2. The quantitative estimate of drug-likeness (QED) is 0.850. The van der Waals surface area contributed by atoms with Gasteiger partial charge in [-0.1, -0.05) is 0 Å². The van der Waals surface area contributed by atoms with Crippen molar-refractivity contribution >= 4 is 5.91 Å². The van der Waals surface area contributed by atoms with Crippen molar-refractivity contribution in [1.29, 1.82) is 0 Å². The maximum absolute atomic E-state index is 12.2. The first-order chi connectivity index (χ1) is 11.0. The summed E-state index contributed by atoms with van der Waals surface area (Å²) in [6.07, 6.45) is 3.20.